The van der Waals surface area contributed by atoms with Crippen LogP contribution in [0.1, 0.15) is 48.7 Å². The lowest BCUT2D eigenvalue weighted by Crippen LogP contribution is -2.32. The summed E-state index contributed by atoms with van der Waals surface area (Å²) >= 11 is 0. The Hall–Kier alpha value is -3.62. The van der Waals surface area contributed by atoms with Gasteiger partial charge in [0.05, 0.1) is 12.1 Å². The molecule has 0 saturated heterocycles. The summed E-state index contributed by atoms with van der Waals surface area (Å²) in [6.07, 6.45) is 15.4. The van der Waals surface area contributed by atoms with Gasteiger partial charge in [-0.3, -0.25) is 9.69 Å². The summed E-state index contributed by atoms with van der Waals surface area (Å²) < 4.78 is 20.5. The van der Waals surface area contributed by atoms with E-state index in [0.717, 1.165) is 48.6 Å². The zero-order chi connectivity index (χ0) is 31.0. The maximum atomic E-state index is 15.1. The number of nitrogens with zero attached hydrogens (tertiary/aromatic N) is 3. The smallest absolute Gasteiger partial charge is 0.253 e. The Labute approximate surface area is 251 Å². The molecule has 2 unspecified atom stereocenters. The van der Waals surface area contributed by atoms with Crippen LogP contribution in [0.5, 0.6) is 0 Å². The van der Waals surface area contributed by atoms with Gasteiger partial charge in [0.25, 0.3) is 5.91 Å². The largest absolute Gasteiger partial charge is 0.388 e. The maximum Gasteiger partial charge on any atom is 0.253 e. The minimum Gasteiger partial charge on any atom is -0.388 e. The highest BCUT2D eigenvalue weighted by atomic mass is 19.1. The van der Waals surface area contributed by atoms with Crippen molar-refractivity contribution in [3.8, 4) is 0 Å². The van der Waals surface area contributed by atoms with Crippen LogP contribution in [0.2, 0.25) is 0 Å². The van der Waals surface area contributed by atoms with E-state index in [0.29, 0.717) is 11.1 Å². The van der Waals surface area contributed by atoms with E-state index in [2.05, 4.69) is 65.8 Å². The third-order valence-corrected chi connectivity index (χ3v) is 7.85. The highest BCUT2D eigenvalue weighted by molar-refractivity contribution is 5.94. The summed E-state index contributed by atoms with van der Waals surface area (Å²) in [6, 6.07) is 3.38. The highest BCUT2D eigenvalue weighted by Crippen LogP contribution is 2.30. The molecule has 0 aromatic heterocycles. The second-order valence-corrected chi connectivity index (χ2v) is 11.4. The van der Waals surface area contributed by atoms with Gasteiger partial charge in [0.1, 0.15) is 5.82 Å². The number of benzene rings is 1. The normalized spacial score (nSPS) is 19.3. The first-order valence-electron chi connectivity index (χ1n) is 14.6. The molecule has 2 aliphatic rings. The molecule has 0 aliphatic carbocycles. The van der Waals surface area contributed by atoms with Gasteiger partial charge in [-0.2, -0.15) is 0 Å². The van der Waals surface area contributed by atoms with E-state index < -0.39 is 0 Å². The molecular formula is C34H48FN5O2. The van der Waals surface area contributed by atoms with Crippen LogP contribution in [0.25, 0.3) is 5.57 Å². The minimum atomic E-state index is -0.328. The van der Waals surface area contributed by atoms with Crippen molar-refractivity contribution in [2.75, 3.05) is 54.9 Å². The van der Waals surface area contributed by atoms with Gasteiger partial charge in [-0.25, -0.2) is 4.39 Å². The van der Waals surface area contributed by atoms with E-state index in [4.69, 9.17) is 4.74 Å². The fourth-order valence-corrected chi connectivity index (χ4v) is 5.23. The predicted octanol–water partition coefficient (Wildman–Crippen LogP) is 5.21. The summed E-state index contributed by atoms with van der Waals surface area (Å²) in [5, 5.41) is 6.67. The van der Waals surface area contributed by atoms with Crippen molar-refractivity contribution in [2.24, 2.45) is 0 Å². The van der Waals surface area contributed by atoms with E-state index in [1.54, 1.807) is 27.3 Å². The molecule has 0 fully saturated rings. The molecule has 0 bridgehead atoms. The van der Waals surface area contributed by atoms with Crippen LogP contribution in [0.15, 0.2) is 77.5 Å². The van der Waals surface area contributed by atoms with Crippen LogP contribution >= 0.6 is 0 Å². The molecule has 2 aliphatic heterocycles. The molecule has 1 aromatic carbocycles. The molecule has 2 heterocycles. The standard InChI is InChI=1S/C34H48FN5O2/c1-23(18-30-26(4)39(8)15-13-32(30)37-14-10-29(36-5)20-25(3)42-9)22-40-16-11-27(12-17-40)33-24(2)19-28(21-31(33)35)34(41)38(6)7/h10-11,13-15,18-21,25-26,36-37H,12,16-17,22H2,1-9H3/b14-10-,23-18+,29-20+. The molecule has 2 N–H and O–H groups in total. The number of halogens is 1. The number of nitrogens with one attached hydrogen (secondary N) is 2. The van der Waals surface area contributed by atoms with Crippen LogP contribution in [-0.2, 0) is 4.74 Å². The number of carbonyl (C=O) groups excluding carboxylic acids is 1. The number of methoxy groups -OCH3 is 1. The van der Waals surface area contributed by atoms with Crippen molar-refractivity contribution < 1.29 is 13.9 Å². The second-order valence-electron chi connectivity index (χ2n) is 11.4. The average molecular weight is 578 g/mol. The molecule has 0 spiro atoms. The number of ether oxygens (including phenoxy) is 1. The monoisotopic (exact) mass is 577 g/mol. The average Bonchev–Trinajstić information content (AvgIpc) is 2.95. The Bertz CT molecular complexity index is 1300. The first kappa shape index (κ1) is 32.9. The molecule has 3 rings (SSSR count). The van der Waals surface area contributed by atoms with Crippen LogP contribution in [0, 0.1) is 12.7 Å². The van der Waals surface area contributed by atoms with E-state index in [1.807, 2.05) is 39.2 Å². The quantitative estimate of drug-likeness (QED) is 0.352. The number of hydrogen-bond acceptors (Lipinski definition) is 6. The predicted molar refractivity (Wildman–Crippen MR) is 171 cm³/mol. The van der Waals surface area contributed by atoms with Crippen molar-refractivity contribution >= 4 is 11.5 Å². The fourth-order valence-electron chi connectivity index (χ4n) is 5.23. The molecule has 0 radical (unpaired) electrons. The van der Waals surface area contributed by atoms with Gasteiger partial charge < -0.3 is 25.2 Å². The topological polar surface area (TPSA) is 60.1 Å². The number of rotatable bonds is 11. The van der Waals surface area contributed by atoms with Gasteiger partial charge in [-0.1, -0.05) is 17.7 Å². The van der Waals surface area contributed by atoms with Gasteiger partial charge in [-0.05, 0) is 81.2 Å². The summed E-state index contributed by atoms with van der Waals surface area (Å²) in [5.41, 5.74) is 7.34. The first-order valence-corrected chi connectivity index (χ1v) is 14.6. The Morgan fingerprint density at radius 1 is 1.31 bits per heavy atom. The van der Waals surface area contributed by atoms with Gasteiger partial charge in [0.15, 0.2) is 0 Å². The SMILES string of the molecule is CNC(/C=C\NC1=C(/C=C(\C)CN2CC=C(c3c(C)cc(C(=O)N(C)C)cc3F)CC2)C(C)N(C)C=C1)=C/C(C)OC. The van der Waals surface area contributed by atoms with Crippen molar-refractivity contribution in [1.29, 1.82) is 0 Å². The van der Waals surface area contributed by atoms with Crippen LogP contribution in [-0.4, -0.2) is 87.7 Å². The number of allylic oxidation sites excluding steroid dienone is 2. The second kappa shape index (κ2) is 15.0. The van der Waals surface area contributed by atoms with Crippen LogP contribution < -0.4 is 10.6 Å². The van der Waals surface area contributed by atoms with E-state index in [1.165, 1.54) is 22.1 Å². The Morgan fingerprint density at radius 2 is 2.05 bits per heavy atom. The molecule has 228 valence electrons. The van der Waals surface area contributed by atoms with E-state index in [-0.39, 0.29) is 23.9 Å². The lowest BCUT2D eigenvalue weighted by atomic mass is 9.93. The number of hydrogen-bond donors (Lipinski definition) is 2. The molecular weight excluding hydrogens is 529 g/mol. The zero-order valence-corrected chi connectivity index (χ0v) is 26.7. The van der Waals surface area contributed by atoms with Gasteiger partial charge in [0.2, 0.25) is 0 Å². The van der Waals surface area contributed by atoms with Gasteiger partial charge in [-0.15, -0.1) is 0 Å². The first-order chi connectivity index (χ1) is 19.9. The molecule has 42 heavy (non-hydrogen) atoms. The van der Waals surface area contributed by atoms with Crippen LogP contribution in [0.4, 0.5) is 4.39 Å². The summed E-state index contributed by atoms with van der Waals surface area (Å²) in [6.45, 7) is 10.7. The van der Waals surface area contributed by atoms with Crippen molar-refractivity contribution in [3.63, 3.8) is 0 Å². The number of aryl methyl sites for hydroxylation is 1. The van der Waals surface area contributed by atoms with E-state index >= 15 is 4.39 Å². The van der Waals surface area contributed by atoms with Crippen molar-refractivity contribution in [3.05, 3.63) is 100.0 Å². The van der Waals surface area contributed by atoms with Crippen molar-refractivity contribution in [1.82, 2.24) is 25.3 Å². The zero-order valence-electron chi connectivity index (χ0n) is 26.7. The lowest BCUT2D eigenvalue weighted by molar-refractivity contribution is 0.0827. The summed E-state index contributed by atoms with van der Waals surface area (Å²) in [5.74, 6) is -0.518. The molecule has 8 heteroatoms. The number of amides is 1. The van der Waals surface area contributed by atoms with Crippen LogP contribution in [0.3, 0.4) is 0 Å². The molecule has 7 nitrogen and oxygen atoms in total. The Morgan fingerprint density at radius 3 is 2.64 bits per heavy atom. The third kappa shape index (κ3) is 8.46. The maximum absolute atomic E-state index is 15.1. The third-order valence-electron chi connectivity index (χ3n) is 7.85. The van der Waals surface area contributed by atoms with E-state index in [9.17, 15) is 4.79 Å². The Kier molecular flexibility index (Phi) is 11.8. The lowest BCUT2D eigenvalue weighted by Gasteiger charge is -2.31. The van der Waals surface area contributed by atoms with Gasteiger partial charge >= 0.3 is 0 Å². The number of likely N-dealkylation sites (N-methyl/N-ethyl adjacent to an activating group) is 2. The van der Waals surface area contributed by atoms with Gasteiger partial charge in [0, 0.05) is 89.9 Å². The highest BCUT2D eigenvalue weighted by Gasteiger charge is 2.21. The molecule has 0 saturated carbocycles. The fraction of sp³-hybridized carbons (Fsp3) is 0.441. The molecule has 2 atom stereocenters. The Balaban J connectivity index is 1.73. The number of carbonyl (C=O) groups is 1. The summed E-state index contributed by atoms with van der Waals surface area (Å²) in [7, 11) is 9.04. The van der Waals surface area contributed by atoms with Crippen molar-refractivity contribution in [2.45, 2.75) is 46.3 Å². The summed E-state index contributed by atoms with van der Waals surface area (Å²) in [4.78, 5) is 18.4. The minimum absolute atomic E-state index is 0.0174. The molecule has 1 aromatic rings. The molecule has 1 amide bonds.